The molecule has 2 atom stereocenters. The van der Waals surface area contributed by atoms with Gasteiger partial charge in [0.1, 0.15) is 0 Å². The molecule has 37 heavy (non-hydrogen) atoms. The van der Waals surface area contributed by atoms with E-state index in [0.29, 0.717) is 18.7 Å². The SMILES string of the molecule is Cc1cc(Cc2cc(C)[nH]n2)nc(C2=CCC(C(=O)N[C@@H](C)c3ccc(-n4cc(F)cn4)nc3)CC2)n1. The zero-order chi connectivity index (χ0) is 25.9. The summed E-state index contributed by atoms with van der Waals surface area (Å²) in [4.78, 5) is 26.7. The Hall–Kier alpha value is -4.21. The highest BCUT2D eigenvalue weighted by atomic mass is 19.1. The molecular formula is C27H29FN8O. The Balaban J connectivity index is 1.20. The van der Waals surface area contributed by atoms with Crippen LogP contribution >= 0.6 is 0 Å². The summed E-state index contributed by atoms with van der Waals surface area (Å²) in [5, 5.41) is 14.3. The van der Waals surface area contributed by atoms with Crippen LogP contribution in [-0.2, 0) is 11.2 Å². The van der Waals surface area contributed by atoms with Crippen molar-refractivity contribution >= 4 is 11.5 Å². The summed E-state index contributed by atoms with van der Waals surface area (Å²) < 4.78 is 14.6. The number of hydrogen-bond acceptors (Lipinski definition) is 6. The van der Waals surface area contributed by atoms with Crippen LogP contribution in [0.4, 0.5) is 4.39 Å². The van der Waals surface area contributed by atoms with Crippen molar-refractivity contribution in [1.29, 1.82) is 0 Å². The second-order valence-electron chi connectivity index (χ2n) is 9.53. The number of carbonyl (C=O) groups is 1. The Morgan fingerprint density at radius 1 is 1.22 bits per heavy atom. The fourth-order valence-electron chi connectivity index (χ4n) is 4.52. The molecule has 1 amide bonds. The molecule has 0 saturated heterocycles. The molecule has 4 aromatic rings. The van der Waals surface area contributed by atoms with Gasteiger partial charge in [0.15, 0.2) is 17.5 Å². The van der Waals surface area contributed by atoms with Crippen LogP contribution in [0.15, 0.2) is 48.9 Å². The first-order valence-corrected chi connectivity index (χ1v) is 12.4. The fraction of sp³-hybridized carbons (Fsp3) is 0.333. The number of rotatable bonds is 7. The first-order chi connectivity index (χ1) is 17.8. The van der Waals surface area contributed by atoms with Gasteiger partial charge < -0.3 is 5.32 Å². The number of aryl methyl sites for hydroxylation is 2. The summed E-state index contributed by atoms with van der Waals surface area (Å²) >= 11 is 0. The minimum absolute atomic E-state index is 0.0146. The van der Waals surface area contributed by atoms with E-state index in [1.165, 1.54) is 10.9 Å². The minimum atomic E-state index is -0.422. The summed E-state index contributed by atoms with van der Waals surface area (Å²) in [7, 11) is 0. The Bertz CT molecular complexity index is 1440. The quantitative estimate of drug-likeness (QED) is 0.393. The summed E-state index contributed by atoms with van der Waals surface area (Å²) in [6.07, 6.45) is 8.93. The molecule has 1 aliphatic rings. The zero-order valence-corrected chi connectivity index (χ0v) is 21.1. The lowest BCUT2D eigenvalue weighted by atomic mass is 9.88. The Morgan fingerprint density at radius 2 is 2.08 bits per heavy atom. The third-order valence-corrected chi connectivity index (χ3v) is 6.51. The molecule has 4 aromatic heterocycles. The molecule has 10 heteroatoms. The first kappa shape index (κ1) is 24.5. The Kier molecular flexibility index (Phi) is 6.89. The second-order valence-corrected chi connectivity index (χ2v) is 9.53. The van der Waals surface area contributed by atoms with Crippen molar-refractivity contribution in [2.75, 3.05) is 0 Å². The third kappa shape index (κ3) is 5.79. The molecule has 0 bridgehead atoms. The van der Waals surface area contributed by atoms with Gasteiger partial charge in [-0.25, -0.2) is 24.0 Å². The highest BCUT2D eigenvalue weighted by Gasteiger charge is 2.25. The van der Waals surface area contributed by atoms with Gasteiger partial charge in [0.25, 0.3) is 0 Å². The van der Waals surface area contributed by atoms with Crippen molar-refractivity contribution in [1.82, 2.24) is 40.2 Å². The molecule has 5 rings (SSSR count). The van der Waals surface area contributed by atoms with E-state index in [4.69, 9.17) is 4.98 Å². The van der Waals surface area contributed by atoms with Crippen molar-refractivity contribution in [3.8, 4) is 5.82 Å². The van der Waals surface area contributed by atoms with Crippen molar-refractivity contribution in [2.24, 2.45) is 5.92 Å². The Labute approximate surface area is 214 Å². The van der Waals surface area contributed by atoms with E-state index in [1.807, 2.05) is 39.0 Å². The van der Waals surface area contributed by atoms with E-state index in [9.17, 15) is 9.18 Å². The fourth-order valence-corrected chi connectivity index (χ4v) is 4.52. The molecule has 0 saturated carbocycles. The molecule has 0 aromatic carbocycles. The molecule has 0 radical (unpaired) electrons. The van der Waals surface area contributed by atoms with E-state index in [2.05, 4.69) is 36.7 Å². The van der Waals surface area contributed by atoms with Crippen LogP contribution in [0, 0.1) is 25.6 Å². The molecule has 0 aliphatic heterocycles. The molecule has 2 N–H and O–H groups in total. The van der Waals surface area contributed by atoms with E-state index < -0.39 is 5.82 Å². The number of amides is 1. The number of nitrogens with zero attached hydrogens (tertiary/aromatic N) is 6. The van der Waals surface area contributed by atoms with Gasteiger partial charge in [-0.15, -0.1) is 0 Å². The molecule has 1 unspecified atom stereocenters. The van der Waals surface area contributed by atoms with Gasteiger partial charge >= 0.3 is 0 Å². The lowest BCUT2D eigenvalue weighted by Crippen LogP contribution is -2.33. The summed E-state index contributed by atoms with van der Waals surface area (Å²) in [5.74, 6) is 0.729. The average Bonchev–Trinajstić information content (AvgIpc) is 3.51. The van der Waals surface area contributed by atoms with Gasteiger partial charge in [0.2, 0.25) is 5.91 Å². The van der Waals surface area contributed by atoms with Crippen LogP contribution in [0.1, 0.15) is 66.4 Å². The predicted molar refractivity (Wildman–Crippen MR) is 136 cm³/mol. The standard InChI is InChI=1S/C27H29FN8O/c1-16-10-23(12-24-11-17(2)34-35-24)33-26(31-16)19-4-6-20(7-5-19)27(37)32-18(3)21-8-9-25(29-13-21)36-15-22(28)14-30-36/h4,8-11,13-15,18,20H,5-7,12H2,1-3H3,(H,32,37)(H,34,35)/t18-,20?/m0/s1. The normalized spacial score (nSPS) is 16.3. The van der Waals surface area contributed by atoms with E-state index in [-0.39, 0.29) is 17.9 Å². The molecule has 0 spiro atoms. The Morgan fingerprint density at radius 3 is 2.73 bits per heavy atom. The van der Waals surface area contributed by atoms with E-state index >= 15 is 0 Å². The number of allylic oxidation sites excluding steroid dienone is 2. The lowest BCUT2D eigenvalue weighted by Gasteiger charge is -2.23. The van der Waals surface area contributed by atoms with Gasteiger partial charge in [-0.2, -0.15) is 10.2 Å². The molecule has 9 nitrogen and oxygen atoms in total. The number of pyridine rings is 1. The topological polar surface area (TPSA) is 114 Å². The molecule has 4 heterocycles. The molecule has 0 fully saturated rings. The maximum absolute atomic E-state index is 13.2. The molecule has 1 aliphatic carbocycles. The van der Waals surface area contributed by atoms with Crippen LogP contribution in [-0.4, -0.2) is 40.8 Å². The minimum Gasteiger partial charge on any atom is -0.349 e. The van der Waals surface area contributed by atoms with Crippen molar-refractivity contribution < 1.29 is 9.18 Å². The van der Waals surface area contributed by atoms with Gasteiger partial charge in [0.05, 0.1) is 29.8 Å². The summed E-state index contributed by atoms with van der Waals surface area (Å²) in [6.45, 7) is 5.88. The van der Waals surface area contributed by atoms with Crippen LogP contribution in [0.3, 0.4) is 0 Å². The number of nitrogens with one attached hydrogen (secondary N) is 2. The van der Waals surface area contributed by atoms with Crippen LogP contribution in [0.2, 0.25) is 0 Å². The number of aromatic nitrogens is 7. The number of aromatic amines is 1. The molecule has 190 valence electrons. The highest BCUT2D eigenvalue weighted by molar-refractivity contribution is 5.80. The zero-order valence-electron chi connectivity index (χ0n) is 21.1. The highest BCUT2D eigenvalue weighted by Crippen LogP contribution is 2.30. The maximum Gasteiger partial charge on any atom is 0.223 e. The summed E-state index contributed by atoms with van der Waals surface area (Å²) in [6, 6.07) is 7.42. The predicted octanol–water partition coefficient (Wildman–Crippen LogP) is 4.19. The van der Waals surface area contributed by atoms with Gasteiger partial charge in [-0.1, -0.05) is 12.1 Å². The maximum atomic E-state index is 13.2. The number of carbonyl (C=O) groups excluding carboxylic acids is 1. The van der Waals surface area contributed by atoms with Gasteiger partial charge in [0, 0.05) is 29.9 Å². The third-order valence-electron chi connectivity index (χ3n) is 6.51. The van der Waals surface area contributed by atoms with Crippen molar-refractivity contribution in [2.45, 2.75) is 52.5 Å². The monoisotopic (exact) mass is 500 g/mol. The van der Waals surface area contributed by atoms with E-state index in [1.54, 1.807) is 12.3 Å². The number of hydrogen-bond donors (Lipinski definition) is 2. The first-order valence-electron chi connectivity index (χ1n) is 12.4. The van der Waals surface area contributed by atoms with Crippen molar-refractivity contribution in [3.63, 3.8) is 0 Å². The average molecular weight is 501 g/mol. The van der Waals surface area contributed by atoms with Gasteiger partial charge in [-0.3, -0.25) is 9.89 Å². The van der Waals surface area contributed by atoms with Gasteiger partial charge in [-0.05, 0) is 69.4 Å². The smallest absolute Gasteiger partial charge is 0.223 e. The molecular weight excluding hydrogens is 471 g/mol. The van der Waals surface area contributed by atoms with Crippen LogP contribution in [0.25, 0.3) is 11.4 Å². The number of H-pyrrole nitrogens is 1. The summed E-state index contributed by atoms with van der Waals surface area (Å²) in [5.41, 5.74) is 5.76. The number of halogens is 1. The van der Waals surface area contributed by atoms with E-state index in [0.717, 1.165) is 58.8 Å². The second kappa shape index (κ2) is 10.4. The van der Waals surface area contributed by atoms with Crippen LogP contribution < -0.4 is 5.32 Å². The lowest BCUT2D eigenvalue weighted by molar-refractivity contribution is -0.125. The largest absolute Gasteiger partial charge is 0.349 e. The van der Waals surface area contributed by atoms with Crippen molar-refractivity contribution in [3.05, 3.63) is 88.9 Å². The van der Waals surface area contributed by atoms with Crippen LogP contribution in [0.5, 0.6) is 0 Å².